The Hall–Kier alpha value is -0.540. The lowest BCUT2D eigenvalue weighted by Gasteiger charge is -2.13. The largest absolute Gasteiger partial charge is 0.487 e. The lowest BCUT2D eigenvalue weighted by molar-refractivity contribution is 0.175. The standard InChI is InChI=1S/C10H11BrO2/c1-7(10-6-12-10)13-9-5-3-2-4-8(9)11/h2-5,7,10H,6H2,1H3. The summed E-state index contributed by atoms with van der Waals surface area (Å²) in [5, 5.41) is 0. The zero-order chi connectivity index (χ0) is 9.26. The van der Waals surface area contributed by atoms with E-state index in [1.165, 1.54) is 0 Å². The molecule has 13 heavy (non-hydrogen) atoms. The van der Waals surface area contributed by atoms with Gasteiger partial charge in [0.2, 0.25) is 0 Å². The molecule has 1 fully saturated rings. The second kappa shape index (κ2) is 3.68. The van der Waals surface area contributed by atoms with Gasteiger partial charge < -0.3 is 9.47 Å². The smallest absolute Gasteiger partial charge is 0.134 e. The van der Waals surface area contributed by atoms with Gasteiger partial charge in [0.25, 0.3) is 0 Å². The molecular formula is C10H11BrO2. The lowest BCUT2D eigenvalue weighted by atomic mass is 10.3. The molecule has 1 aromatic rings. The predicted molar refractivity (Wildman–Crippen MR) is 54.0 cm³/mol. The molecule has 1 aliphatic heterocycles. The van der Waals surface area contributed by atoms with Gasteiger partial charge >= 0.3 is 0 Å². The van der Waals surface area contributed by atoms with Crippen molar-refractivity contribution in [2.45, 2.75) is 19.1 Å². The minimum Gasteiger partial charge on any atom is -0.487 e. The van der Waals surface area contributed by atoms with Crippen LogP contribution in [0.15, 0.2) is 28.7 Å². The van der Waals surface area contributed by atoms with E-state index in [1.54, 1.807) is 0 Å². The molecule has 1 aromatic carbocycles. The molecule has 0 radical (unpaired) electrons. The summed E-state index contributed by atoms with van der Waals surface area (Å²) in [5.74, 6) is 0.880. The highest BCUT2D eigenvalue weighted by Crippen LogP contribution is 2.27. The summed E-state index contributed by atoms with van der Waals surface area (Å²) in [6, 6.07) is 7.84. The Morgan fingerprint density at radius 2 is 2.23 bits per heavy atom. The van der Waals surface area contributed by atoms with Crippen LogP contribution in [-0.2, 0) is 4.74 Å². The van der Waals surface area contributed by atoms with Gasteiger partial charge in [-0.3, -0.25) is 0 Å². The third-order valence-corrected chi connectivity index (χ3v) is 2.69. The van der Waals surface area contributed by atoms with Crippen LogP contribution in [0.3, 0.4) is 0 Å². The quantitative estimate of drug-likeness (QED) is 0.761. The van der Waals surface area contributed by atoms with Crippen molar-refractivity contribution in [1.29, 1.82) is 0 Å². The Bertz CT molecular complexity index is 297. The minimum absolute atomic E-state index is 0.138. The fourth-order valence-electron chi connectivity index (χ4n) is 1.14. The first-order chi connectivity index (χ1) is 6.27. The summed E-state index contributed by atoms with van der Waals surface area (Å²) >= 11 is 3.43. The Kier molecular flexibility index (Phi) is 2.56. The fourth-order valence-corrected chi connectivity index (χ4v) is 1.52. The monoisotopic (exact) mass is 242 g/mol. The fraction of sp³-hybridized carbons (Fsp3) is 0.400. The van der Waals surface area contributed by atoms with Crippen LogP contribution in [0.4, 0.5) is 0 Å². The highest BCUT2D eigenvalue weighted by Gasteiger charge is 2.31. The van der Waals surface area contributed by atoms with E-state index in [9.17, 15) is 0 Å². The van der Waals surface area contributed by atoms with E-state index in [2.05, 4.69) is 15.9 Å². The number of hydrogen-bond acceptors (Lipinski definition) is 2. The maximum Gasteiger partial charge on any atom is 0.134 e. The first-order valence-electron chi connectivity index (χ1n) is 4.30. The molecule has 0 aliphatic carbocycles. The average Bonchev–Trinajstić information content (AvgIpc) is 2.91. The Labute approximate surface area is 86.0 Å². The van der Waals surface area contributed by atoms with Crippen molar-refractivity contribution >= 4 is 15.9 Å². The molecular weight excluding hydrogens is 232 g/mol. The molecule has 3 heteroatoms. The van der Waals surface area contributed by atoms with E-state index in [1.807, 2.05) is 31.2 Å². The van der Waals surface area contributed by atoms with Crippen molar-refractivity contribution in [1.82, 2.24) is 0 Å². The highest BCUT2D eigenvalue weighted by molar-refractivity contribution is 9.10. The van der Waals surface area contributed by atoms with Crippen molar-refractivity contribution in [3.8, 4) is 5.75 Å². The van der Waals surface area contributed by atoms with Gasteiger partial charge in [-0.1, -0.05) is 12.1 Å². The number of rotatable bonds is 3. The molecule has 2 atom stereocenters. The van der Waals surface area contributed by atoms with Gasteiger partial charge in [-0.2, -0.15) is 0 Å². The molecule has 1 heterocycles. The van der Waals surface area contributed by atoms with Crippen LogP contribution in [0, 0.1) is 0 Å². The van der Waals surface area contributed by atoms with Crippen LogP contribution < -0.4 is 4.74 Å². The third-order valence-electron chi connectivity index (χ3n) is 2.03. The van der Waals surface area contributed by atoms with Crippen LogP contribution >= 0.6 is 15.9 Å². The van der Waals surface area contributed by atoms with E-state index in [-0.39, 0.29) is 12.2 Å². The van der Waals surface area contributed by atoms with E-state index in [0.29, 0.717) is 0 Å². The molecule has 0 saturated carbocycles. The number of epoxide rings is 1. The van der Waals surface area contributed by atoms with Gasteiger partial charge in [-0.15, -0.1) is 0 Å². The maximum atomic E-state index is 5.70. The summed E-state index contributed by atoms with van der Waals surface area (Å²) in [5.41, 5.74) is 0. The topological polar surface area (TPSA) is 21.8 Å². The van der Waals surface area contributed by atoms with Crippen molar-refractivity contribution in [2.24, 2.45) is 0 Å². The summed E-state index contributed by atoms with van der Waals surface area (Å²) < 4.78 is 11.8. The van der Waals surface area contributed by atoms with E-state index < -0.39 is 0 Å². The second-order valence-corrected chi connectivity index (χ2v) is 3.98. The SMILES string of the molecule is CC(Oc1ccccc1Br)C1CO1. The second-order valence-electron chi connectivity index (χ2n) is 3.13. The Morgan fingerprint density at radius 1 is 1.54 bits per heavy atom. The molecule has 2 rings (SSSR count). The summed E-state index contributed by atoms with van der Waals surface area (Å²) in [4.78, 5) is 0. The van der Waals surface area contributed by atoms with Gasteiger partial charge in [-0.25, -0.2) is 0 Å². The third kappa shape index (κ3) is 2.23. The molecule has 0 amide bonds. The molecule has 0 aromatic heterocycles. The lowest BCUT2D eigenvalue weighted by Crippen LogP contribution is -2.18. The molecule has 2 unspecified atom stereocenters. The Balaban J connectivity index is 2.03. The number of halogens is 1. The molecule has 0 N–H and O–H groups in total. The van der Waals surface area contributed by atoms with Crippen LogP contribution in [0.25, 0.3) is 0 Å². The zero-order valence-corrected chi connectivity index (χ0v) is 8.95. The first-order valence-corrected chi connectivity index (χ1v) is 5.09. The number of ether oxygens (including phenoxy) is 2. The Morgan fingerprint density at radius 3 is 2.85 bits per heavy atom. The van der Waals surface area contributed by atoms with Crippen LogP contribution in [0.5, 0.6) is 5.75 Å². The van der Waals surface area contributed by atoms with Crippen LogP contribution in [-0.4, -0.2) is 18.8 Å². The molecule has 2 nitrogen and oxygen atoms in total. The normalized spacial score (nSPS) is 22.5. The summed E-state index contributed by atoms with van der Waals surface area (Å²) in [6.45, 7) is 2.85. The first kappa shape index (κ1) is 9.03. The van der Waals surface area contributed by atoms with Gasteiger partial charge in [0.1, 0.15) is 18.0 Å². The number of hydrogen-bond donors (Lipinski definition) is 0. The van der Waals surface area contributed by atoms with Gasteiger partial charge in [-0.05, 0) is 35.0 Å². The summed E-state index contributed by atoms with van der Waals surface area (Å²) in [6.07, 6.45) is 0.422. The molecule has 0 bridgehead atoms. The maximum absolute atomic E-state index is 5.70. The van der Waals surface area contributed by atoms with Crippen molar-refractivity contribution in [3.63, 3.8) is 0 Å². The van der Waals surface area contributed by atoms with Crippen molar-refractivity contribution in [2.75, 3.05) is 6.61 Å². The van der Waals surface area contributed by atoms with Crippen LogP contribution in [0.2, 0.25) is 0 Å². The van der Waals surface area contributed by atoms with Gasteiger partial charge in [0, 0.05) is 0 Å². The van der Waals surface area contributed by atoms with E-state index in [4.69, 9.17) is 9.47 Å². The van der Waals surface area contributed by atoms with Crippen molar-refractivity contribution < 1.29 is 9.47 Å². The van der Waals surface area contributed by atoms with Gasteiger partial charge in [0.15, 0.2) is 0 Å². The van der Waals surface area contributed by atoms with E-state index in [0.717, 1.165) is 16.8 Å². The predicted octanol–water partition coefficient (Wildman–Crippen LogP) is 2.62. The van der Waals surface area contributed by atoms with Gasteiger partial charge in [0.05, 0.1) is 11.1 Å². The molecule has 1 aliphatic rings. The summed E-state index contributed by atoms with van der Waals surface area (Å²) in [7, 11) is 0. The van der Waals surface area contributed by atoms with Crippen LogP contribution in [0.1, 0.15) is 6.92 Å². The zero-order valence-electron chi connectivity index (χ0n) is 7.37. The number of benzene rings is 1. The molecule has 0 spiro atoms. The van der Waals surface area contributed by atoms with Crippen molar-refractivity contribution in [3.05, 3.63) is 28.7 Å². The average molecular weight is 243 g/mol. The minimum atomic E-state index is 0.138. The highest BCUT2D eigenvalue weighted by atomic mass is 79.9. The van der Waals surface area contributed by atoms with E-state index >= 15 is 0 Å². The number of para-hydroxylation sites is 1. The molecule has 1 saturated heterocycles. The molecule has 70 valence electrons.